The highest BCUT2D eigenvalue weighted by atomic mass is 32.1. The molecule has 0 aromatic carbocycles. The Labute approximate surface area is 140 Å². The minimum atomic E-state index is -0.793. The van der Waals surface area contributed by atoms with E-state index < -0.39 is 11.9 Å². The molecular formula is C12H12N4O5S2. The number of nitrogens with one attached hydrogen (secondary N) is 1. The first-order valence-corrected chi connectivity index (χ1v) is 7.72. The maximum Gasteiger partial charge on any atom is 0.362 e. The molecule has 1 aromatic heterocycles. The number of rotatable bonds is 5. The van der Waals surface area contributed by atoms with Gasteiger partial charge in [-0.1, -0.05) is 5.16 Å². The van der Waals surface area contributed by atoms with Gasteiger partial charge in [0.25, 0.3) is 5.91 Å². The van der Waals surface area contributed by atoms with Crippen LogP contribution in [0.1, 0.15) is 19.5 Å². The highest BCUT2D eigenvalue weighted by Crippen LogP contribution is 2.23. The quantitative estimate of drug-likeness (QED) is 0.262. The van der Waals surface area contributed by atoms with Gasteiger partial charge in [-0.15, -0.1) is 11.3 Å². The largest absolute Gasteiger partial charge is 0.461 e. The van der Waals surface area contributed by atoms with E-state index >= 15 is 0 Å². The van der Waals surface area contributed by atoms with Crippen molar-refractivity contribution in [1.82, 2.24) is 10.3 Å². The summed E-state index contributed by atoms with van der Waals surface area (Å²) < 4.78 is 4.85. The van der Waals surface area contributed by atoms with Crippen molar-refractivity contribution in [3.8, 4) is 0 Å². The van der Waals surface area contributed by atoms with Crippen molar-refractivity contribution in [3.05, 3.63) is 11.1 Å². The van der Waals surface area contributed by atoms with Gasteiger partial charge in [0.15, 0.2) is 10.2 Å². The Morgan fingerprint density at radius 1 is 1.57 bits per heavy atom. The third-order valence-corrected chi connectivity index (χ3v) is 3.66. The summed E-state index contributed by atoms with van der Waals surface area (Å²) >= 11 is 6.11. The summed E-state index contributed by atoms with van der Waals surface area (Å²) in [5, 5.41) is 8.19. The molecule has 0 atom stereocenters. The molecule has 1 amide bonds. The third kappa shape index (κ3) is 3.87. The van der Waals surface area contributed by atoms with Crippen LogP contribution in [0.2, 0.25) is 0 Å². The molecule has 11 heteroatoms. The number of oxime groups is 1. The van der Waals surface area contributed by atoms with Gasteiger partial charge in [-0.3, -0.25) is 4.79 Å². The lowest BCUT2D eigenvalue weighted by molar-refractivity contribution is -0.141. The third-order valence-electron chi connectivity index (χ3n) is 2.50. The number of hydrogen-bond acceptors (Lipinski definition) is 9. The maximum atomic E-state index is 11.9. The Morgan fingerprint density at radius 2 is 2.30 bits per heavy atom. The molecule has 0 unspecified atom stereocenters. The summed E-state index contributed by atoms with van der Waals surface area (Å²) in [6, 6.07) is 0. The first-order valence-electron chi connectivity index (χ1n) is 6.43. The zero-order valence-electron chi connectivity index (χ0n) is 12.2. The van der Waals surface area contributed by atoms with Gasteiger partial charge in [0, 0.05) is 12.3 Å². The van der Waals surface area contributed by atoms with Crippen molar-refractivity contribution >= 4 is 57.4 Å². The van der Waals surface area contributed by atoms with Gasteiger partial charge in [0.05, 0.1) is 13.2 Å². The van der Waals surface area contributed by atoms with Gasteiger partial charge in [0.2, 0.25) is 5.71 Å². The topological polar surface area (TPSA) is 110 Å². The van der Waals surface area contributed by atoms with Crippen LogP contribution in [0.5, 0.6) is 0 Å². The predicted octanol–water partition coefficient (Wildman–Crippen LogP) is 0.194. The number of aromatic nitrogens is 1. The van der Waals surface area contributed by atoms with Crippen LogP contribution >= 0.6 is 23.6 Å². The molecule has 1 aliphatic heterocycles. The van der Waals surface area contributed by atoms with Crippen LogP contribution < -0.4 is 10.2 Å². The number of thiocarbonyl (C=S) groups is 1. The highest BCUT2D eigenvalue weighted by Gasteiger charge is 2.30. The van der Waals surface area contributed by atoms with Gasteiger partial charge < -0.3 is 14.9 Å². The molecule has 0 aliphatic carbocycles. The summed E-state index contributed by atoms with van der Waals surface area (Å²) in [5.41, 5.74) is -0.151. The minimum Gasteiger partial charge on any atom is -0.461 e. The molecule has 1 N–H and O–H groups in total. The molecule has 0 spiro atoms. The molecule has 1 aromatic rings. The SMILES string of the molecule is CCOC(=O)/C(=N\OC(C)=O)c1csc(N2C(=O)CNC2=S)n1. The van der Waals surface area contributed by atoms with Crippen LogP contribution in [0.4, 0.5) is 5.13 Å². The zero-order valence-corrected chi connectivity index (χ0v) is 13.8. The Balaban J connectivity index is 2.31. The van der Waals surface area contributed by atoms with Crippen LogP contribution in [0.25, 0.3) is 0 Å². The van der Waals surface area contributed by atoms with Crippen molar-refractivity contribution in [2.24, 2.45) is 5.16 Å². The fourth-order valence-electron chi connectivity index (χ4n) is 1.59. The number of esters is 1. The highest BCUT2D eigenvalue weighted by molar-refractivity contribution is 7.80. The summed E-state index contributed by atoms with van der Waals surface area (Å²) in [4.78, 5) is 44.4. The van der Waals surface area contributed by atoms with E-state index in [0.717, 1.165) is 18.3 Å². The molecule has 0 bridgehead atoms. The second kappa shape index (κ2) is 7.24. The van der Waals surface area contributed by atoms with Crippen molar-refractivity contribution in [1.29, 1.82) is 0 Å². The molecule has 0 saturated carbocycles. The molecule has 1 saturated heterocycles. The lowest BCUT2D eigenvalue weighted by atomic mass is 10.3. The first-order chi connectivity index (χ1) is 10.9. The van der Waals surface area contributed by atoms with Gasteiger partial charge in [-0.25, -0.2) is 19.5 Å². The molecular weight excluding hydrogens is 344 g/mol. The molecule has 23 heavy (non-hydrogen) atoms. The smallest absolute Gasteiger partial charge is 0.362 e. The van der Waals surface area contributed by atoms with Crippen LogP contribution in [0, 0.1) is 0 Å². The second-order valence-electron chi connectivity index (χ2n) is 4.15. The molecule has 1 aliphatic rings. The Morgan fingerprint density at radius 3 is 2.87 bits per heavy atom. The van der Waals surface area contributed by atoms with E-state index in [0.29, 0.717) is 0 Å². The standard InChI is InChI=1S/C12H12N4O5S2/c1-3-20-10(19)9(15-21-6(2)17)7-5-23-12(14-7)16-8(18)4-13-11(16)22/h5H,3-4H2,1-2H3,(H,13,22)/b15-9-. The molecule has 2 heterocycles. The average molecular weight is 356 g/mol. The monoisotopic (exact) mass is 356 g/mol. The van der Waals surface area contributed by atoms with E-state index in [9.17, 15) is 14.4 Å². The van der Waals surface area contributed by atoms with Gasteiger partial charge in [-0.05, 0) is 19.1 Å². The van der Waals surface area contributed by atoms with E-state index in [-0.39, 0.29) is 40.7 Å². The first kappa shape index (κ1) is 17.0. The van der Waals surface area contributed by atoms with Crippen molar-refractivity contribution in [3.63, 3.8) is 0 Å². The molecule has 0 radical (unpaired) electrons. The second-order valence-corrected chi connectivity index (χ2v) is 5.37. The number of anilines is 1. The number of amides is 1. The minimum absolute atomic E-state index is 0.0834. The van der Waals surface area contributed by atoms with Crippen LogP contribution in [-0.2, 0) is 24.0 Å². The van der Waals surface area contributed by atoms with Gasteiger partial charge >= 0.3 is 11.9 Å². The molecule has 122 valence electrons. The van der Waals surface area contributed by atoms with E-state index in [1.54, 1.807) is 6.92 Å². The van der Waals surface area contributed by atoms with Crippen molar-refractivity contribution < 1.29 is 24.0 Å². The number of carbonyl (C=O) groups excluding carboxylic acids is 3. The summed E-state index contributed by atoms with van der Waals surface area (Å²) in [6.07, 6.45) is 0. The molecule has 1 fully saturated rings. The van der Waals surface area contributed by atoms with E-state index in [4.69, 9.17) is 17.0 Å². The Hall–Kier alpha value is -2.40. The van der Waals surface area contributed by atoms with E-state index in [2.05, 4.69) is 20.3 Å². The maximum absolute atomic E-state index is 11.9. The van der Waals surface area contributed by atoms with Crippen molar-refractivity contribution in [2.45, 2.75) is 13.8 Å². The lowest BCUT2D eigenvalue weighted by Crippen LogP contribution is -2.30. The number of ether oxygens (including phenoxy) is 1. The summed E-state index contributed by atoms with van der Waals surface area (Å²) in [6.45, 7) is 2.97. The Kier molecular flexibility index (Phi) is 5.34. The van der Waals surface area contributed by atoms with Gasteiger partial charge in [-0.2, -0.15) is 0 Å². The van der Waals surface area contributed by atoms with Crippen molar-refractivity contribution in [2.75, 3.05) is 18.1 Å². The number of nitrogens with zero attached hydrogens (tertiary/aromatic N) is 3. The van der Waals surface area contributed by atoms with E-state index in [1.807, 2.05) is 0 Å². The van der Waals surface area contributed by atoms with Crippen LogP contribution in [0.3, 0.4) is 0 Å². The number of thiazole rings is 1. The molecule has 9 nitrogen and oxygen atoms in total. The summed E-state index contributed by atoms with van der Waals surface area (Å²) in [7, 11) is 0. The summed E-state index contributed by atoms with van der Waals surface area (Å²) in [5.74, 6) is -1.74. The lowest BCUT2D eigenvalue weighted by Gasteiger charge is -2.09. The van der Waals surface area contributed by atoms with Crippen LogP contribution in [0.15, 0.2) is 10.5 Å². The molecule has 2 rings (SSSR count). The fraction of sp³-hybridized carbons (Fsp3) is 0.333. The number of hydrogen-bond donors (Lipinski definition) is 1. The average Bonchev–Trinajstić information content (AvgIpc) is 3.06. The van der Waals surface area contributed by atoms with E-state index in [1.165, 1.54) is 10.3 Å². The predicted molar refractivity (Wildman–Crippen MR) is 85.1 cm³/mol. The Bertz CT molecular complexity index is 683. The number of carbonyl (C=O) groups is 3. The normalized spacial score (nSPS) is 14.7. The van der Waals surface area contributed by atoms with Crippen LogP contribution in [-0.4, -0.2) is 46.8 Å². The fourth-order valence-corrected chi connectivity index (χ4v) is 2.74. The van der Waals surface area contributed by atoms with Gasteiger partial charge in [0.1, 0.15) is 5.69 Å². The zero-order chi connectivity index (χ0) is 17.0.